The first-order valence-corrected chi connectivity index (χ1v) is 8.09. The van der Waals surface area contributed by atoms with E-state index in [-0.39, 0.29) is 18.0 Å². The molecule has 0 aliphatic carbocycles. The van der Waals surface area contributed by atoms with Gasteiger partial charge in [-0.1, -0.05) is 25.1 Å². The van der Waals surface area contributed by atoms with Gasteiger partial charge in [0.15, 0.2) is 0 Å². The van der Waals surface area contributed by atoms with Crippen molar-refractivity contribution in [1.29, 1.82) is 0 Å². The van der Waals surface area contributed by atoms with Crippen LogP contribution in [-0.4, -0.2) is 42.3 Å². The summed E-state index contributed by atoms with van der Waals surface area (Å²) in [6, 6.07) is 7.07. The minimum atomic E-state index is -0.200. The molecule has 2 rings (SSSR count). The summed E-state index contributed by atoms with van der Waals surface area (Å²) in [7, 11) is 0. The average Bonchev–Trinajstić information content (AvgIpc) is 2.48. The molecule has 0 aromatic heterocycles. The SMILES string of the molecule is CCCNC(CCN1CCCC(O)C1)c1ccccc1F. The second-order valence-electron chi connectivity index (χ2n) is 5.91. The number of hydrogen-bond acceptors (Lipinski definition) is 3. The van der Waals surface area contributed by atoms with Crippen LogP contribution in [0.2, 0.25) is 0 Å². The Hall–Kier alpha value is -0.970. The molecule has 0 saturated carbocycles. The van der Waals surface area contributed by atoms with E-state index in [1.807, 2.05) is 12.1 Å². The Morgan fingerprint density at radius 1 is 1.43 bits per heavy atom. The van der Waals surface area contributed by atoms with Crippen molar-refractivity contribution in [1.82, 2.24) is 10.2 Å². The van der Waals surface area contributed by atoms with Crippen molar-refractivity contribution in [3.63, 3.8) is 0 Å². The molecule has 1 aliphatic heterocycles. The Labute approximate surface area is 127 Å². The van der Waals surface area contributed by atoms with Gasteiger partial charge in [-0.15, -0.1) is 0 Å². The highest BCUT2D eigenvalue weighted by Crippen LogP contribution is 2.21. The summed E-state index contributed by atoms with van der Waals surface area (Å²) < 4.78 is 14.0. The number of hydrogen-bond donors (Lipinski definition) is 2. The highest BCUT2D eigenvalue weighted by molar-refractivity contribution is 5.21. The first kappa shape index (κ1) is 16.4. The molecule has 3 nitrogen and oxygen atoms in total. The van der Waals surface area contributed by atoms with Crippen LogP contribution in [-0.2, 0) is 0 Å². The van der Waals surface area contributed by atoms with Crippen LogP contribution in [0, 0.1) is 5.82 Å². The molecule has 1 aromatic carbocycles. The number of aliphatic hydroxyl groups is 1. The Balaban J connectivity index is 1.94. The summed E-state index contributed by atoms with van der Waals surface area (Å²) >= 11 is 0. The van der Waals surface area contributed by atoms with Crippen LogP contribution in [0.3, 0.4) is 0 Å². The number of piperidine rings is 1. The molecule has 2 atom stereocenters. The lowest BCUT2D eigenvalue weighted by molar-refractivity contribution is 0.0684. The Morgan fingerprint density at radius 3 is 2.95 bits per heavy atom. The zero-order chi connectivity index (χ0) is 15.1. The Morgan fingerprint density at radius 2 is 2.24 bits per heavy atom. The molecule has 2 unspecified atom stereocenters. The van der Waals surface area contributed by atoms with Crippen molar-refractivity contribution in [3.05, 3.63) is 35.6 Å². The summed E-state index contributed by atoms with van der Waals surface area (Å²) in [5.74, 6) is -0.134. The summed E-state index contributed by atoms with van der Waals surface area (Å²) in [6.07, 6.45) is 3.66. The van der Waals surface area contributed by atoms with Gasteiger partial charge in [0.25, 0.3) is 0 Å². The minimum absolute atomic E-state index is 0.0465. The fraction of sp³-hybridized carbons (Fsp3) is 0.647. The molecule has 118 valence electrons. The van der Waals surface area contributed by atoms with Crippen LogP contribution in [0.15, 0.2) is 24.3 Å². The lowest BCUT2D eigenvalue weighted by Crippen LogP contribution is -2.40. The first-order chi connectivity index (χ1) is 10.2. The van der Waals surface area contributed by atoms with Crippen LogP contribution >= 0.6 is 0 Å². The van der Waals surface area contributed by atoms with Crippen molar-refractivity contribution in [2.75, 3.05) is 26.2 Å². The molecule has 0 spiro atoms. The number of nitrogens with zero attached hydrogens (tertiary/aromatic N) is 1. The maximum Gasteiger partial charge on any atom is 0.127 e. The van der Waals surface area contributed by atoms with Crippen LogP contribution in [0.5, 0.6) is 0 Å². The third-order valence-electron chi connectivity index (χ3n) is 4.14. The fourth-order valence-electron chi connectivity index (χ4n) is 2.99. The topological polar surface area (TPSA) is 35.5 Å². The van der Waals surface area contributed by atoms with Gasteiger partial charge >= 0.3 is 0 Å². The number of benzene rings is 1. The summed E-state index contributed by atoms with van der Waals surface area (Å²) in [4.78, 5) is 2.29. The second kappa shape index (κ2) is 8.47. The molecule has 2 N–H and O–H groups in total. The van der Waals surface area contributed by atoms with E-state index in [1.54, 1.807) is 6.07 Å². The van der Waals surface area contributed by atoms with E-state index in [9.17, 15) is 9.50 Å². The molecule has 1 saturated heterocycles. The maximum atomic E-state index is 14.0. The third-order valence-corrected chi connectivity index (χ3v) is 4.14. The van der Waals surface area contributed by atoms with Gasteiger partial charge in [0, 0.05) is 24.7 Å². The van der Waals surface area contributed by atoms with Gasteiger partial charge in [-0.05, 0) is 44.8 Å². The maximum absolute atomic E-state index is 14.0. The zero-order valence-electron chi connectivity index (χ0n) is 12.9. The van der Waals surface area contributed by atoms with E-state index in [2.05, 4.69) is 17.1 Å². The molecule has 1 aromatic rings. The van der Waals surface area contributed by atoms with Gasteiger partial charge in [-0.25, -0.2) is 4.39 Å². The van der Waals surface area contributed by atoms with Crippen molar-refractivity contribution in [3.8, 4) is 0 Å². The largest absolute Gasteiger partial charge is 0.392 e. The zero-order valence-corrected chi connectivity index (χ0v) is 12.9. The van der Waals surface area contributed by atoms with E-state index in [4.69, 9.17) is 0 Å². The molecular weight excluding hydrogens is 267 g/mol. The molecule has 21 heavy (non-hydrogen) atoms. The van der Waals surface area contributed by atoms with Crippen LogP contribution in [0.25, 0.3) is 0 Å². The molecular formula is C17H27FN2O. The summed E-state index contributed by atoms with van der Waals surface area (Å²) in [5, 5.41) is 13.2. The smallest absolute Gasteiger partial charge is 0.127 e. The van der Waals surface area contributed by atoms with E-state index in [0.29, 0.717) is 0 Å². The molecule has 4 heteroatoms. The van der Waals surface area contributed by atoms with Crippen molar-refractivity contribution in [2.45, 2.75) is 44.8 Å². The van der Waals surface area contributed by atoms with Crippen molar-refractivity contribution >= 4 is 0 Å². The third kappa shape index (κ3) is 5.06. The van der Waals surface area contributed by atoms with Crippen LogP contribution in [0.1, 0.15) is 44.2 Å². The minimum Gasteiger partial charge on any atom is -0.392 e. The van der Waals surface area contributed by atoms with Gasteiger partial charge < -0.3 is 15.3 Å². The highest BCUT2D eigenvalue weighted by atomic mass is 19.1. The number of aliphatic hydroxyl groups excluding tert-OH is 1. The molecule has 1 heterocycles. The lowest BCUT2D eigenvalue weighted by Gasteiger charge is -2.31. The highest BCUT2D eigenvalue weighted by Gasteiger charge is 2.20. The number of rotatable bonds is 7. The standard InChI is InChI=1S/C17H27FN2O/c1-2-10-19-17(15-7-3-4-8-16(15)18)9-12-20-11-5-6-14(21)13-20/h3-4,7-8,14,17,19,21H,2,5-6,9-13H2,1H3. The van der Waals surface area contributed by atoms with Gasteiger partial charge in [-0.2, -0.15) is 0 Å². The molecule has 0 amide bonds. The van der Waals surface area contributed by atoms with Crippen molar-refractivity contribution < 1.29 is 9.50 Å². The van der Waals surface area contributed by atoms with Crippen molar-refractivity contribution in [2.24, 2.45) is 0 Å². The first-order valence-electron chi connectivity index (χ1n) is 8.09. The van der Waals surface area contributed by atoms with E-state index < -0.39 is 0 Å². The quantitative estimate of drug-likeness (QED) is 0.811. The average molecular weight is 294 g/mol. The normalized spacial score (nSPS) is 21.4. The molecule has 0 bridgehead atoms. The number of likely N-dealkylation sites (tertiary alicyclic amines) is 1. The van der Waals surface area contributed by atoms with Gasteiger partial charge in [0.2, 0.25) is 0 Å². The Kier molecular flexibility index (Phi) is 6.61. The molecule has 0 radical (unpaired) electrons. The van der Waals surface area contributed by atoms with Crippen LogP contribution in [0.4, 0.5) is 4.39 Å². The van der Waals surface area contributed by atoms with E-state index in [1.165, 1.54) is 6.07 Å². The molecule has 1 aliphatic rings. The number of nitrogens with one attached hydrogen (secondary N) is 1. The predicted molar refractivity (Wildman–Crippen MR) is 83.7 cm³/mol. The molecule has 1 fully saturated rings. The number of β-amino-alcohol motifs (C(OH)–C–C–N with tert-alkyl or cyclic N) is 1. The van der Waals surface area contributed by atoms with Gasteiger partial charge in [0.05, 0.1) is 6.10 Å². The lowest BCUT2D eigenvalue weighted by atomic mass is 10.0. The van der Waals surface area contributed by atoms with Gasteiger partial charge in [-0.3, -0.25) is 0 Å². The summed E-state index contributed by atoms with van der Waals surface area (Å²) in [6.45, 7) is 5.69. The fourth-order valence-corrected chi connectivity index (χ4v) is 2.99. The van der Waals surface area contributed by atoms with E-state index >= 15 is 0 Å². The summed E-state index contributed by atoms with van der Waals surface area (Å²) in [5.41, 5.74) is 0.753. The Bertz CT molecular complexity index is 427. The number of halogens is 1. The second-order valence-corrected chi connectivity index (χ2v) is 5.91. The predicted octanol–water partition coefficient (Wildman–Crippen LogP) is 2.71. The van der Waals surface area contributed by atoms with Gasteiger partial charge in [0.1, 0.15) is 5.82 Å². The monoisotopic (exact) mass is 294 g/mol. The van der Waals surface area contributed by atoms with Crippen LogP contribution < -0.4 is 5.32 Å². The van der Waals surface area contributed by atoms with E-state index in [0.717, 1.165) is 57.4 Å².